The number of fused-ring (bicyclic) bond motifs is 1. The van der Waals surface area contributed by atoms with Gasteiger partial charge in [-0.2, -0.15) is 0 Å². The number of hydrogen-bond donors (Lipinski definition) is 1. The number of nitrogens with zero attached hydrogens (tertiary/aromatic N) is 1. The second-order valence-corrected chi connectivity index (χ2v) is 7.53. The molecular weight excluding hydrogens is 380 g/mol. The van der Waals surface area contributed by atoms with Crippen molar-refractivity contribution in [3.05, 3.63) is 71.8 Å². The number of likely N-dealkylation sites (N-methyl/N-ethyl adjacent to an activating group) is 1. The van der Waals surface area contributed by atoms with Gasteiger partial charge in [-0.05, 0) is 35.0 Å². The summed E-state index contributed by atoms with van der Waals surface area (Å²) in [6.45, 7) is -0.0255. The van der Waals surface area contributed by atoms with Crippen LogP contribution in [0.15, 0.2) is 71.6 Å². The van der Waals surface area contributed by atoms with Gasteiger partial charge >= 0.3 is 0 Å². The summed E-state index contributed by atoms with van der Waals surface area (Å²) >= 11 is 7.49. The quantitative estimate of drug-likeness (QED) is 0.613. The lowest BCUT2D eigenvalue weighted by Gasteiger charge is -2.17. The molecule has 138 valence electrons. The van der Waals surface area contributed by atoms with E-state index in [1.54, 1.807) is 31.3 Å². The van der Waals surface area contributed by atoms with Crippen LogP contribution in [0.25, 0.3) is 10.8 Å². The second-order valence-electron chi connectivity index (χ2n) is 6.08. The lowest BCUT2D eigenvalue weighted by molar-refractivity contribution is -0.131. The first-order valence-corrected chi connectivity index (χ1v) is 9.79. The number of thioether (sulfide) groups is 1. The van der Waals surface area contributed by atoms with Crippen LogP contribution < -0.4 is 5.32 Å². The molecule has 0 spiro atoms. The van der Waals surface area contributed by atoms with Crippen molar-refractivity contribution in [3.8, 4) is 0 Å². The average molecular weight is 399 g/mol. The predicted molar refractivity (Wildman–Crippen MR) is 112 cm³/mol. The Bertz CT molecular complexity index is 977. The van der Waals surface area contributed by atoms with E-state index in [2.05, 4.69) is 17.4 Å². The molecule has 0 bridgehead atoms. The smallest absolute Gasteiger partial charge is 0.244 e. The maximum absolute atomic E-state index is 12.3. The molecule has 0 aliphatic carbocycles. The van der Waals surface area contributed by atoms with Crippen LogP contribution in [-0.2, 0) is 9.59 Å². The third-order valence-corrected chi connectivity index (χ3v) is 5.35. The van der Waals surface area contributed by atoms with Gasteiger partial charge in [0.05, 0.1) is 23.0 Å². The Hall–Kier alpha value is -2.50. The zero-order valence-corrected chi connectivity index (χ0v) is 16.4. The summed E-state index contributed by atoms with van der Waals surface area (Å²) in [4.78, 5) is 26.9. The molecule has 0 heterocycles. The first-order chi connectivity index (χ1) is 13.0. The molecule has 3 aromatic rings. The highest BCUT2D eigenvalue weighted by Crippen LogP contribution is 2.24. The highest BCUT2D eigenvalue weighted by Gasteiger charge is 2.14. The van der Waals surface area contributed by atoms with Crippen LogP contribution in [0.1, 0.15) is 0 Å². The highest BCUT2D eigenvalue weighted by atomic mass is 35.5. The van der Waals surface area contributed by atoms with Gasteiger partial charge in [-0.1, -0.05) is 54.1 Å². The molecule has 1 N–H and O–H groups in total. The molecule has 0 aliphatic rings. The number of carbonyl (C=O) groups excluding carboxylic acids is 2. The van der Waals surface area contributed by atoms with Crippen molar-refractivity contribution in [2.75, 3.05) is 24.7 Å². The first-order valence-electron chi connectivity index (χ1n) is 8.43. The summed E-state index contributed by atoms with van der Waals surface area (Å²) < 4.78 is 0. The molecule has 3 aromatic carbocycles. The Morgan fingerprint density at radius 1 is 1.00 bits per heavy atom. The highest BCUT2D eigenvalue weighted by molar-refractivity contribution is 8.00. The molecule has 0 saturated carbocycles. The zero-order valence-electron chi connectivity index (χ0n) is 14.8. The molecule has 0 saturated heterocycles. The molecule has 0 atom stereocenters. The van der Waals surface area contributed by atoms with Crippen molar-refractivity contribution in [2.45, 2.75) is 4.90 Å². The van der Waals surface area contributed by atoms with Crippen molar-refractivity contribution >= 4 is 51.6 Å². The molecule has 4 nitrogen and oxygen atoms in total. The molecule has 6 heteroatoms. The van der Waals surface area contributed by atoms with Gasteiger partial charge < -0.3 is 10.2 Å². The lowest BCUT2D eigenvalue weighted by Crippen LogP contribution is -2.36. The Labute approximate surface area is 167 Å². The van der Waals surface area contributed by atoms with Gasteiger partial charge in [0, 0.05) is 11.9 Å². The number of halogens is 1. The third-order valence-electron chi connectivity index (χ3n) is 4.04. The molecular formula is C21H19ClN2O2S. The Morgan fingerprint density at radius 3 is 2.48 bits per heavy atom. The maximum atomic E-state index is 12.3. The zero-order chi connectivity index (χ0) is 19.2. The number of amides is 2. The van der Waals surface area contributed by atoms with Gasteiger partial charge in [-0.15, -0.1) is 11.8 Å². The van der Waals surface area contributed by atoms with Crippen LogP contribution in [0.5, 0.6) is 0 Å². The fourth-order valence-corrected chi connectivity index (χ4v) is 3.64. The number of anilines is 1. The number of carbonyl (C=O) groups is 2. The van der Waals surface area contributed by atoms with Gasteiger partial charge in [0.1, 0.15) is 0 Å². The van der Waals surface area contributed by atoms with E-state index < -0.39 is 0 Å². The Balaban J connectivity index is 1.52. The minimum absolute atomic E-state index is 0.0255. The third kappa shape index (κ3) is 5.25. The summed E-state index contributed by atoms with van der Waals surface area (Å²) in [5.41, 5.74) is 0.538. The number of hydrogen-bond acceptors (Lipinski definition) is 3. The number of benzene rings is 3. The van der Waals surface area contributed by atoms with E-state index >= 15 is 0 Å². The van der Waals surface area contributed by atoms with Gasteiger partial charge in [0.15, 0.2) is 0 Å². The van der Waals surface area contributed by atoms with Crippen molar-refractivity contribution < 1.29 is 9.59 Å². The summed E-state index contributed by atoms with van der Waals surface area (Å²) in [5.74, 6) is -0.120. The van der Waals surface area contributed by atoms with Crippen molar-refractivity contribution in [3.63, 3.8) is 0 Å². The largest absolute Gasteiger partial charge is 0.336 e. The van der Waals surface area contributed by atoms with E-state index in [1.807, 2.05) is 30.3 Å². The van der Waals surface area contributed by atoms with E-state index in [-0.39, 0.29) is 24.1 Å². The molecule has 0 fully saturated rings. The minimum Gasteiger partial charge on any atom is -0.336 e. The van der Waals surface area contributed by atoms with Crippen LogP contribution in [0.2, 0.25) is 5.02 Å². The number of rotatable bonds is 6. The SMILES string of the molecule is CN(CC(=O)Nc1ccccc1Cl)C(=O)CSc1ccc2ccccc2c1. The van der Waals surface area contributed by atoms with E-state index in [9.17, 15) is 9.59 Å². The summed E-state index contributed by atoms with van der Waals surface area (Å²) in [6, 6.07) is 21.2. The van der Waals surface area contributed by atoms with Crippen LogP contribution in [0.4, 0.5) is 5.69 Å². The van der Waals surface area contributed by atoms with E-state index in [1.165, 1.54) is 22.0 Å². The molecule has 0 unspecified atom stereocenters. The Morgan fingerprint density at radius 2 is 1.70 bits per heavy atom. The van der Waals surface area contributed by atoms with Gasteiger partial charge in [0.25, 0.3) is 0 Å². The normalized spacial score (nSPS) is 10.6. The topological polar surface area (TPSA) is 49.4 Å². The lowest BCUT2D eigenvalue weighted by atomic mass is 10.1. The summed E-state index contributed by atoms with van der Waals surface area (Å²) in [7, 11) is 1.62. The molecule has 0 aromatic heterocycles. The van der Waals surface area contributed by atoms with Crippen molar-refractivity contribution in [1.29, 1.82) is 0 Å². The molecule has 2 amide bonds. The molecule has 27 heavy (non-hydrogen) atoms. The summed E-state index contributed by atoms with van der Waals surface area (Å²) in [5, 5.41) is 5.49. The second kappa shape index (κ2) is 8.93. The number of nitrogens with one attached hydrogen (secondary N) is 1. The van der Waals surface area contributed by atoms with Crippen LogP contribution in [-0.4, -0.2) is 36.1 Å². The van der Waals surface area contributed by atoms with Gasteiger partial charge in [0.2, 0.25) is 11.8 Å². The van der Waals surface area contributed by atoms with E-state index in [0.29, 0.717) is 10.7 Å². The van der Waals surface area contributed by atoms with Gasteiger partial charge in [-0.25, -0.2) is 0 Å². The fraction of sp³-hybridized carbons (Fsp3) is 0.143. The van der Waals surface area contributed by atoms with Crippen LogP contribution >= 0.6 is 23.4 Å². The summed E-state index contributed by atoms with van der Waals surface area (Å²) in [6.07, 6.45) is 0. The van der Waals surface area contributed by atoms with E-state index in [4.69, 9.17) is 11.6 Å². The average Bonchev–Trinajstić information content (AvgIpc) is 2.67. The van der Waals surface area contributed by atoms with E-state index in [0.717, 1.165) is 10.3 Å². The predicted octanol–water partition coefficient (Wildman–Crippen LogP) is 4.68. The molecule has 0 radical (unpaired) electrons. The van der Waals surface area contributed by atoms with Crippen LogP contribution in [0.3, 0.4) is 0 Å². The van der Waals surface area contributed by atoms with Crippen LogP contribution in [0, 0.1) is 0 Å². The van der Waals surface area contributed by atoms with Crippen molar-refractivity contribution in [2.24, 2.45) is 0 Å². The van der Waals surface area contributed by atoms with Gasteiger partial charge in [-0.3, -0.25) is 9.59 Å². The maximum Gasteiger partial charge on any atom is 0.244 e. The Kier molecular flexibility index (Phi) is 6.37. The standard InChI is InChI=1S/C21H19ClN2O2S/c1-24(13-20(25)23-19-9-5-4-8-18(19)22)21(26)14-27-17-11-10-15-6-2-3-7-16(15)12-17/h2-12H,13-14H2,1H3,(H,23,25). The minimum atomic E-state index is -0.283. The fourth-order valence-electron chi connectivity index (χ4n) is 2.57. The molecule has 0 aliphatic heterocycles. The van der Waals surface area contributed by atoms with Crippen molar-refractivity contribution in [1.82, 2.24) is 4.90 Å². The number of para-hydroxylation sites is 1. The monoisotopic (exact) mass is 398 g/mol. The first kappa shape index (κ1) is 19.3. The molecule has 3 rings (SSSR count).